The number of anilines is 1. The smallest absolute Gasteiger partial charge is 0.262 e. The van der Waals surface area contributed by atoms with E-state index in [1.54, 1.807) is 36.4 Å². The molecule has 0 radical (unpaired) electrons. The van der Waals surface area contributed by atoms with E-state index in [2.05, 4.69) is 5.32 Å². The summed E-state index contributed by atoms with van der Waals surface area (Å²) in [4.78, 5) is 25.4. The Hall–Kier alpha value is -3.35. The lowest BCUT2D eigenvalue weighted by molar-refractivity contribution is -0.118. The molecule has 0 bridgehead atoms. The SMILES string of the molecule is O=C(COc1c(-c2ccc(Cl)cc2Cl)oc2ccccc2c1=O)Nc1ccc(F)cc1. The second-order valence-electron chi connectivity index (χ2n) is 6.55. The quantitative estimate of drug-likeness (QED) is 0.403. The van der Waals surface area contributed by atoms with Gasteiger partial charge in [-0.15, -0.1) is 0 Å². The van der Waals surface area contributed by atoms with E-state index in [0.29, 0.717) is 27.2 Å². The standard InChI is InChI=1S/C23H14Cl2FNO4/c24-13-5-10-16(18(25)11-13)22-23(21(29)17-3-1-2-4-19(17)31-22)30-12-20(28)27-15-8-6-14(26)7-9-15/h1-11H,12H2,(H,27,28). The van der Waals surface area contributed by atoms with Crippen LogP contribution in [0, 0.1) is 5.82 Å². The van der Waals surface area contributed by atoms with Crippen LogP contribution in [0.4, 0.5) is 10.1 Å². The summed E-state index contributed by atoms with van der Waals surface area (Å²) in [5.41, 5.74) is 0.679. The number of carbonyl (C=O) groups is 1. The molecule has 1 aromatic heterocycles. The number of carbonyl (C=O) groups excluding carboxylic acids is 1. The minimum absolute atomic E-state index is 0.0833. The Morgan fingerprint density at radius 1 is 1.03 bits per heavy atom. The summed E-state index contributed by atoms with van der Waals surface area (Å²) < 4.78 is 24.5. The summed E-state index contributed by atoms with van der Waals surface area (Å²) in [5, 5.41) is 3.53. The Labute approximate surface area is 186 Å². The van der Waals surface area contributed by atoms with Crippen molar-refractivity contribution in [2.24, 2.45) is 0 Å². The lowest BCUT2D eigenvalue weighted by atomic mass is 10.1. The molecular weight excluding hydrogens is 444 g/mol. The largest absolute Gasteiger partial charge is 0.476 e. The first kappa shape index (κ1) is 20.9. The van der Waals surface area contributed by atoms with Crippen LogP contribution < -0.4 is 15.5 Å². The normalized spacial score (nSPS) is 10.8. The molecular formula is C23H14Cl2FNO4. The predicted octanol–water partition coefficient (Wildman–Crippen LogP) is 5.92. The number of benzene rings is 3. The van der Waals surface area contributed by atoms with Gasteiger partial charge in [-0.2, -0.15) is 0 Å². The van der Waals surface area contributed by atoms with Crippen molar-refractivity contribution in [1.82, 2.24) is 0 Å². The summed E-state index contributed by atoms with van der Waals surface area (Å²) in [7, 11) is 0. The maximum atomic E-state index is 13.1. The average Bonchev–Trinajstić information content (AvgIpc) is 2.75. The molecule has 1 amide bonds. The molecule has 156 valence electrons. The highest BCUT2D eigenvalue weighted by atomic mass is 35.5. The molecule has 0 aliphatic heterocycles. The molecule has 4 aromatic rings. The van der Waals surface area contributed by atoms with E-state index in [0.717, 1.165) is 0 Å². The minimum atomic E-state index is -0.535. The zero-order chi connectivity index (χ0) is 22.0. The third-order valence-corrected chi connectivity index (χ3v) is 4.96. The van der Waals surface area contributed by atoms with Crippen LogP contribution in [0.3, 0.4) is 0 Å². The van der Waals surface area contributed by atoms with Crippen molar-refractivity contribution in [3.8, 4) is 17.1 Å². The summed E-state index contributed by atoms with van der Waals surface area (Å²) >= 11 is 12.3. The van der Waals surface area contributed by atoms with Gasteiger partial charge in [0.15, 0.2) is 12.4 Å². The van der Waals surface area contributed by atoms with Crippen molar-refractivity contribution >= 4 is 45.8 Å². The fourth-order valence-corrected chi connectivity index (χ4v) is 3.47. The van der Waals surface area contributed by atoms with Crippen LogP contribution >= 0.6 is 23.2 Å². The van der Waals surface area contributed by atoms with Crippen LogP contribution in [0.25, 0.3) is 22.3 Å². The Morgan fingerprint density at radius 2 is 1.77 bits per heavy atom. The topological polar surface area (TPSA) is 68.5 Å². The first-order chi connectivity index (χ1) is 14.9. The van der Waals surface area contributed by atoms with Gasteiger partial charge in [0.2, 0.25) is 11.2 Å². The van der Waals surface area contributed by atoms with E-state index in [9.17, 15) is 14.0 Å². The Balaban J connectivity index is 1.70. The number of amides is 1. The molecule has 0 saturated heterocycles. The summed E-state index contributed by atoms with van der Waals surface area (Å²) in [5.74, 6) is -1.03. The fourth-order valence-electron chi connectivity index (χ4n) is 2.97. The molecule has 3 aromatic carbocycles. The number of nitrogens with one attached hydrogen (secondary N) is 1. The molecule has 0 atom stereocenters. The first-order valence-electron chi connectivity index (χ1n) is 9.12. The highest BCUT2D eigenvalue weighted by Gasteiger charge is 2.20. The summed E-state index contributed by atoms with van der Waals surface area (Å²) in [6.45, 7) is -0.474. The number of hydrogen-bond acceptors (Lipinski definition) is 4. The Morgan fingerprint density at radius 3 is 2.52 bits per heavy atom. The molecule has 0 unspecified atom stereocenters. The molecule has 0 spiro atoms. The predicted molar refractivity (Wildman–Crippen MR) is 118 cm³/mol. The van der Waals surface area contributed by atoms with Crippen molar-refractivity contribution in [3.63, 3.8) is 0 Å². The average molecular weight is 458 g/mol. The summed E-state index contributed by atoms with van der Waals surface area (Å²) in [6.07, 6.45) is 0. The van der Waals surface area contributed by atoms with Gasteiger partial charge in [-0.1, -0.05) is 35.3 Å². The fraction of sp³-hybridized carbons (Fsp3) is 0.0435. The molecule has 0 fully saturated rings. The van der Waals surface area contributed by atoms with Crippen molar-refractivity contribution in [3.05, 3.63) is 92.8 Å². The van der Waals surface area contributed by atoms with Crippen LogP contribution in [0.1, 0.15) is 0 Å². The molecule has 8 heteroatoms. The van der Waals surface area contributed by atoms with Gasteiger partial charge >= 0.3 is 0 Å². The van der Waals surface area contributed by atoms with Crippen molar-refractivity contribution in [2.45, 2.75) is 0 Å². The van der Waals surface area contributed by atoms with Crippen molar-refractivity contribution < 1.29 is 18.3 Å². The number of rotatable bonds is 5. The molecule has 4 rings (SSSR count). The van der Waals surface area contributed by atoms with Crippen LogP contribution in [0.15, 0.2) is 75.9 Å². The van der Waals surface area contributed by atoms with Crippen molar-refractivity contribution in [2.75, 3.05) is 11.9 Å². The van der Waals surface area contributed by atoms with Gasteiger partial charge < -0.3 is 14.5 Å². The molecule has 1 heterocycles. The van der Waals surface area contributed by atoms with Crippen LogP contribution in [0.5, 0.6) is 5.75 Å². The van der Waals surface area contributed by atoms with Gasteiger partial charge in [0, 0.05) is 16.3 Å². The first-order valence-corrected chi connectivity index (χ1v) is 9.87. The maximum absolute atomic E-state index is 13.1. The summed E-state index contributed by atoms with van der Waals surface area (Å²) in [6, 6.07) is 16.6. The lowest BCUT2D eigenvalue weighted by Crippen LogP contribution is -2.22. The number of para-hydroxylation sites is 1. The van der Waals surface area contributed by atoms with E-state index in [-0.39, 0.29) is 16.5 Å². The monoisotopic (exact) mass is 457 g/mol. The number of fused-ring (bicyclic) bond motifs is 1. The Bertz CT molecular complexity index is 1340. The second kappa shape index (κ2) is 8.79. The zero-order valence-electron chi connectivity index (χ0n) is 15.8. The minimum Gasteiger partial charge on any atom is -0.476 e. The third-order valence-electron chi connectivity index (χ3n) is 4.41. The van der Waals surface area contributed by atoms with Gasteiger partial charge in [0.25, 0.3) is 5.91 Å². The lowest BCUT2D eigenvalue weighted by Gasteiger charge is -2.13. The highest BCUT2D eigenvalue weighted by molar-refractivity contribution is 6.36. The molecule has 0 aliphatic carbocycles. The third kappa shape index (κ3) is 4.55. The molecule has 0 saturated carbocycles. The Kier molecular flexibility index (Phi) is 5.93. The van der Waals surface area contributed by atoms with Gasteiger partial charge in [-0.05, 0) is 54.6 Å². The molecule has 0 aliphatic rings. The van der Waals surface area contributed by atoms with Crippen LogP contribution in [-0.2, 0) is 4.79 Å². The number of halogens is 3. The van der Waals surface area contributed by atoms with Crippen LogP contribution in [0.2, 0.25) is 10.0 Å². The molecule has 1 N–H and O–H groups in total. The van der Waals surface area contributed by atoms with Crippen LogP contribution in [-0.4, -0.2) is 12.5 Å². The zero-order valence-corrected chi connectivity index (χ0v) is 17.3. The van der Waals surface area contributed by atoms with Gasteiger partial charge in [-0.3, -0.25) is 9.59 Å². The van der Waals surface area contributed by atoms with Gasteiger partial charge in [0.1, 0.15) is 11.4 Å². The van der Waals surface area contributed by atoms with E-state index < -0.39 is 23.8 Å². The maximum Gasteiger partial charge on any atom is 0.262 e. The van der Waals surface area contributed by atoms with Crippen molar-refractivity contribution in [1.29, 1.82) is 0 Å². The number of ether oxygens (including phenoxy) is 1. The molecule has 5 nitrogen and oxygen atoms in total. The van der Waals surface area contributed by atoms with E-state index in [1.807, 2.05) is 0 Å². The second-order valence-corrected chi connectivity index (χ2v) is 7.40. The van der Waals surface area contributed by atoms with E-state index in [4.69, 9.17) is 32.4 Å². The van der Waals surface area contributed by atoms with Gasteiger partial charge in [-0.25, -0.2) is 4.39 Å². The van der Waals surface area contributed by atoms with E-state index in [1.165, 1.54) is 30.3 Å². The highest BCUT2D eigenvalue weighted by Crippen LogP contribution is 2.36. The number of hydrogen-bond donors (Lipinski definition) is 1. The van der Waals surface area contributed by atoms with E-state index >= 15 is 0 Å². The molecule has 31 heavy (non-hydrogen) atoms. The van der Waals surface area contributed by atoms with Gasteiger partial charge in [0.05, 0.1) is 10.4 Å².